The van der Waals surface area contributed by atoms with Crippen LogP contribution in [0.15, 0.2) is 28.7 Å². The monoisotopic (exact) mass is 281 g/mol. The molecule has 0 saturated carbocycles. The SMILES string of the molecule is CC(C)CC1(c2ccc(Br)cc2)CCCN1. The first-order valence-corrected chi connectivity index (χ1v) is 6.93. The van der Waals surface area contributed by atoms with E-state index in [1.807, 2.05) is 0 Å². The highest BCUT2D eigenvalue weighted by Gasteiger charge is 2.35. The van der Waals surface area contributed by atoms with E-state index in [0.29, 0.717) is 0 Å². The van der Waals surface area contributed by atoms with Crippen molar-refractivity contribution in [3.05, 3.63) is 34.3 Å². The highest BCUT2D eigenvalue weighted by Crippen LogP contribution is 2.37. The first-order valence-electron chi connectivity index (χ1n) is 6.13. The van der Waals surface area contributed by atoms with Gasteiger partial charge in [-0.1, -0.05) is 41.9 Å². The number of halogens is 1. The quantitative estimate of drug-likeness (QED) is 0.881. The molecular formula is C14H20BrN. The van der Waals surface area contributed by atoms with Gasteiger partial charge >= 0.3 is 0 Å². The van der Waals surface area contributed by atoms with E-state index >= 15 is 0 Å². The molecule has 88 valence electrons. The zero-order valence-corrected chi connectivity index (χ0v) is 11.7. The summed E-state index contributed by atoms with van der Waals surface area (Å²) in [6.07, 6.45) is 3.80. The van der Waals surface area contributed by atoms with Gasteiger partial charge in [-0.3, -0.25) is 0 Å². The van der Waals surface area contributed by atoms with E-state index in [1.54, 1.807) is 0 Å². The molecule has 0 amide bonds. The highest BCUT2D eigenvalue weighted by atomic mass is 79.9. The number of nitrogens with one attached hydrogen (secondary N) is 1. The van der Waals surface area contributed by atoms with Crippen LogP contribution >= 0.6 is 15.9 Å². The predicted molar refractivity (Wildman–Crippen MR) is 72.5 cm³/mol. The van der Waals surface area contributed by atoms with Gasteiger partial charge in [0, 0.05) is 10.0 Å². The zero-order chi connectivity index (χ0) is 11.6. The molecule has 1 heterocycles. The fourth-order valence-electron chi connectivity index (χ4n) is 2.81. The second-order valence-corrected chi connectivity index (χ2v) is 6.13. The molecule has 2 heteroatoms. The van der Waals surface area contributed by atoms with Gasteiger partial charge in [-0.15, -0.1) is 0 Å². The van der Waals surface area contributed by atoms with Gasteiger partial charge < -0.3 is 5.32 Å². The molecule has 1 nitrogen and oxygen atoms in total. The third-order valence-corrected chi connectivity index (χ3v) is 3.93. The lowest BCUT2D eigenvalue weighted by Crippen LogP contribution is -2.38. The summed E-state index contributed by atoms with van der Waals surface area (Å²) in [5.41, 5.74) is 1.68. The van der Waals surface area contributed by atoms with Gasteiger partial charge in [0.25, 0.3) is 0 Å². The molecule has 1 unspecified atom stereocenters. The number of benzene rings is 1. The summed E-state index contributed by atoms with van der Waals surface area (Å²) in [5.74, 6) is 0.731. The molecule has 0 aromatic heterocycles. The molecule has 0 aliphatic carbocycles. The van der Waals surface area contributed by atoms with Crippen LogP contribution in [0, 0.1) is 5.92 Å². The molecule has 0 radical (unpaired) electrons. The van der Waals surface area contributed by atoms with Crippen molar-refractivity contribution < 1.29 is 0 Å². The van der Waals surface area contributed by atoms with Gasteiger partial charge in [0.1, 0.15) is 0 Å². The number of rotatable bonds is 3. The number of hydrogen-bond acceptors (Lipinski definition) is 1. The summed E-state index contributed by atoms with van der Waals surface area (Å²) in [6.45, 7) is 5.77. The Labute approximate surface area is 107 Å². The van der Waals surface area contributed by atoms with E-state index in [-0.39, 0.29) is 5.54 Å². The van der Waals surface area contributed by atoms with Crippen molar-refractivity contribution in [3.8, 4) is 0 Å². The Kier molecular flexibility index (Phi) is 3.70. The standard InChI is InChI=1S/C14H20BrN/c1-11(2)10-14(8-3-9-16-14)12-4-6-13(15)7-5-12/h4-7,11,16H,3,8-10H2,1-2H3. The molecule has 16 heavy (non-hydrogen) atoms. The van der Waals surface area contributed by atoms with Crippen molar-refractivity contribution in [1.29, 1.82) is 0 Å². The van der Waals surface area contributed by atoms with Crippen LogP contribution in [0.2, 0.25) is 0 Å². The summed E-state index contributed by atoms with van der Waals surface area (Å²) >= 11 is 3.50. The first-order chi connectivity index (χ1) is 7.62. The van der Waals surface area contributed by atoms with Crippen LogP contribution in [0.1, 0.15) is 38.7 Å². The van der Waals surface area contributed by atoms with Crippen LogP contribution in [-0.2, 0) is 5.54 Å². The van der Waals surface area contributed by atoms with E-state index < -0.39 is 0 Å². The maximum absolute atomic E-state index is 3.72. The number of hydrogen-bond donors (Lipinski definition) is 1. The minimum Gasteiger partial charge on any atom is -0.307 e. The van der Waals surface area contributed by atoms with Crippen LogP contribution in [0.3, 0.4) is 0 Å². The fraction of sp³-hybridized carbons (Fsp3) is 0.571. The van der Waals surface area contributed by atoms with Gasteiger partial charge in [-0.2, -0.15) is 0 Å². The topological polar surface area (TPSA) is 12.0 Å². The minimum atomic E-state index is 0.231. The third-order valence-electron chi connectivity index (χ3n) is 3.40. The Balaban J connectivity index is 2.28. The van der Waals surface area contributed by atoms with E-state index in [1.165, 1.54) is 24.8 Å². The highest BCUT2D eigenvalue weighted by molar-refractivity contribution is 9.10. The summed E-state index contributed by atoms with van der Waals surface area (Å²) in [6, 6.07) is 8.81. The molecule has 2 rings (SSSR count). The van der Waals surface area contributed by atoms with E-state index in [4.69, 9.17) is 0 Å². The summed E-state index contributed by atoms with van der Waals surface area (Å²) in [4.78, 5) is 0. The molecular weight excluding hydrogens is 262 g/mol. The van der Waals surface area contributed by atoms with Crippen LogP contribution < -0.4 is 5.32 Å². The lowest BCUT2D eigenvalue weighted by atomic mass is 9.81. The Bertz CT molecular complexity index is 336. The molecule has 1 N–H and O–H groups in total. The van der Waals surface area contributed by atoms with Gasteiger partial charge in [0.05, 0.1) is 0 Å². The molecule has 1 aromatic rings. The first kappa shape index (κ1) is 12.1. The third kappa shape index (κ3) is 2.49. The van der Waals surface area contributed by atoms with Gasteiger partial charge in [-0.25, -0.2) is 0 Å². The summed E-state index contributed by atoms with van der Waals surface area (Å²) in [5, 5.41) is 3.72. The van der Waals surface area contributed by atoms with Crippen molar-refractivity contribution in [2.24, 2.45) is 5.92 Å². The van der Waals surface area contributed by atoms with Crippen LogP contribution in [0.4, 0.5) is 0 Å². The molecule has 0 spiro atoms. The molecule has 1 aliphatic heterocycles. The van der Waals surface area contributed by atoms with E-state index in [9.17, 15) is 0 Å². The average molecular weight is 282 g/mol. The second kappa shape index (κ2) is 4.89. The lowest BCUT2D eigenvalue weighted by Gasteiger charge is -2.32. The maximum Gasteiger partial charge on any atom is 0.0437 e. The Morgan fingerprint density at radius 3 is 2.50 bits per heavy atom. The van der Waals surface area contributed by atoms with E-state index in [2.05, 4.69) is 59.4 Å². The normalized spacial score (nSPS) is 25.2. The van der Waals surface area contributed by atoms with Gasteiger partial charge in [-0.05, 0) is 49.4 Å². The lowest BCUT2D eigenvalue weighted by molar-refractivity contribution is 0.311. The summed E-state index contributed by atoms with van der Waals surface area (Å²) in [7, 11) is 0. The smallest absolute Gasteiger partial charge is 0.0437 e. The van der Waals surface area contributed by atoms with Crippen LogP contribution in [0.5, 0.6) is 0 Å². The van der Waals surface area contributed by atoms with Crippen LogP contribution in [0.25, 0.3) is 0 Å². The van der Waals surface area contributed by atoms with Crippen molar-refractivity contribution in [2.45, 2.75) is 38.6 Å². The Morgan fingerprint density at radius 1 is 1.31 bits per heavy atom. The molecule has 1 aromatic carbocycles. The Hall–Kier alpha value is -0.340. The zero-order valence-electron chi connectivity index (χ0n) is 10.1. The van der Waals surface area contributed by atoms with E-state index in [0.717, 1.165) is 16.9 Å². The molecule has 1 fully saturated rings. The minimum absolute atomic E-state index is 0.231. The maximum atomic E-state index is 3.72. The van der Waals surface area contributed by atoms with Crippen LogP contribution in [-0.4, -0.2) is 6.54 Å². The molecule has 1 aliphatic rings. The van der Waals surface area contributed by atoms with Crippen molar-refractivity contribution in [3.63, 3.8) is 0 Å². The Morgan fingerprint density at radius 2 is 2.00 bits per heavy atom. The van der Waals surface area contributed by atoms with Crippen molar-refractivity contribution >= 4 is 15.9 Å². The van der Waals surface area contributed by atoms with Crippen molar-refractivity contribution in [1.82, 2.24) is 5.32 Å². The largest absolute Gasteiger partial charge is 0.307 e. The fourth-order valence-corrected chi connectivity index (χ4v) is 3.07. The molecule has 1 saturated heterocycles. The van der Waals surface area contributed by atoms with Crippen molar-refractivity contribution in [2.75, 3.05) is 6.54 Å². The van der Waals surface area contributed by atoms with Gasteiger partial charge in [0.2, 0.25) is 0 Å². The molecule has 0 bridgehead atoms. The van der Waals surface area contributed by atoms with Gasteiger partial charge in [0.15, 0.2) is 0 Å². The average Bonchev–Trinajstić information content (AvgIpc) is 2.67. The summed E-state index contributed by atoms with van der Waals surface area (Å²) < 4.78 is 1.16. The molecule has 1 atom stereocenters. The second-order valence-electron chi connectivity index (χ2n) is 5.22. The predicted octanol–water partition coefficient (Wildman–Crippen LogP) is 4.07.